The summed E-state index contributed by atoms with van der Waals surface area (Å²) in [5.74, 6) is -1.95. The van der Waals surface area contributed by atoms with E-state index in [4.69, 9.17) is 38.6 Å². The van der Waals surface area contributed by atoms with Gasteiger partial charge in [0, 0.05) is 6.61 Å². The SMILES string of the molecule is CCCCCCCCCCCC[N+](CC)(CC[N+](CC)(CC(C)OCCOCC)CC(C)OCCOCC(=O)O)CC(C)OCCOCC(=O)O. The maximum atomic E-state index is 10.8. The highest BCUT2D eigenvalue weighted by molar-refractivity contribution is 5.68. The maximum Gasteiger partial charge on any atom is 0.329 e. The Hall–Kier alpha value is -1.38. The van der Waals surface area contributed by atoms with Gasteiger partial charge in [-0.25, -0.2) is 9.59 Å². The van der Waals surface area contributed by atoms with Crippen LogP contribution in [0, 0.1) is 0 Å². The van der Waals surface area contributed by atoms with Crippen molar-refractivity contribution in [2.75, 3.05) is 112 Å². The van der Waals surface area contributed by atoms with Crippen LogP contribution in [0.2, 0.25) is 0 Å². The number of likely N-dealkylation sites (N-methyl/N-ethyl adjacent to an activating group) is 2. The molecule has 51 heavy (non-hydrogen) atoms. The van der Waals surface area contributed by atoms with Gasteiger partial charge in [0.2, 0.25) is 0 Å². The minimum absolute atomic E-state index is 0.00101. The third kappa shape index (κ3) is 27.8. The van der Waals surface area contributed by atoms with E-state index in [1.165, 1.54) is 64.2 Å². The van der Waals surface area contributed by atoms with Crippen LogP contribution in [0.25, 0.3) is 0 Å². The van der Waals surface area contributed by atoms with Crippen LogP contribution < -0.4 is 0 Å². The second-order valence-corrected chi connectivity index (χ2v) is 14.4. The third-order valence-electron chi connectivity index (χ3n) is 9.85. The molecule has 12 nitrogen and oxygen atoms in total. The number of carboxylic acids is 2. The summed E-state index contributed by atoms with van der Waals surface area (Å²) in [7, 11) is 0. The average molecular weight is 737 g/mol. The molecule has 0 aromatic carbocycles. The van der Waals surface area contributed by atoms with E-state index >= 15 is 0 Å². The first kappa shape index (κ1) is 49.6. The zero-order valence-corrected chi connectivity index (χ0v) is 33.9. The maximum absolute atomic E-state index is 10.8. The van der Waals surface area contributed by atoms with Gasteiger partial charge in [0.15, 0.2) is 0 Å². The number of aliphatic carboxylic acids is 2. The quantitative estimate of drug-likeness (QED) is 0.0570. The lowest BCUT2D eigenvalue weighted by molar-refractivity contribution is -0.983. The molecule has 12 heteroatoms. The van der Waals surface area contributed by atoms with Gasteiger partial charge in [-0.3, -0.25) is 0 Å². The number of hydrogen-bond donors (Lipinski definition) is 2. The van der Waals surface area contributed by atoms with Gasteiger partial charge in [-0.1, -0.05) is 58.3 Å². The van der Waals surface area contributed by atoms with Crippen molar-refractivity contribution in [3.8, 4) is 0 Å². The molecule has 0 spiro atoms. The lowest BCUT2D eigenvalue weighted by atomic mass is 10.1. The van der Waals surface area contributed by atoms with Crippen molar-refractivity contribution in [2.24, 2.45) is 0 Å². The van der Waals surface area contributed by atoms with Crippen LogP contribution in [0.1, 0.15) is 113 Å². The molecule has 0 radical (unpaired) electrons. The normalized spacial score (nSPS) is 16.0. The lowest BCUT2D eigenvalue weighted by Crippen LogP contribution is -2.62. The molecule has 0 rings (SSSR count). The molecule has 0 bridgehead atoms. The molecule has 2 N–H and O–H groups in total. The summed E-state index contributed by atoms with van der Waals surface area (Å²) < 4.78 is 36.3. The standard InChI is InChI=1S/C39H78N2O10/c1-8-12-13-14-15-16-17-18-19-20-21-40(9-2,30-35(5)50-28-25-47-33-38(42)43)22-23-41(10-3,31-36(6)49-27-24-46-11-4)32-37(7)51-29-26-48-34-39(44)45/h35-37H,8-34H2,1-7H3/p+2. The fraction of sp³-hybridized carbons (Fsp3) is 0.949. The van der Waals surface area contributed by atoms with E-state index in [1.807, 2.05) is 6.92 Å². The molecule has 5 atom stereocenters. The first-order valence-corrected chi connectivity index (χ1v) is 20.2. The van der Waals surface area contributed by atoms with Crippen molar-refractivity contribution in [1.29, 1.82) is 0 Å². The Morgan fingerprint density at radius 3 is 1.25 bits per heavy atom. The van der Waals surface area contributed by atoms with Gasteiger partial charge >= 0.3 is 11.9 Å². The molecule has 304 valence electrons. The topological polar surface area (TPSA) is 130 Å². The highest BCUT2D eigenvalue weighted by Gasteiger charge is 2.36. The molecular formula is C39H80N2O10+2. The summed E-state index contributed by atoms with van der Waals surface area (Å²) in [5, 5.41) is 17.8. The molecule has 5 unspecified atom stereocenters. The van der Waals surface area contributed by atoms with Crippen molar-refractivity contribution >= 4 is 11.9 Å². The van der Waals surface area contributed by atoms with Gasteiger partial charge in [0.1, 0.15) is 64.2 Å². The Morgan fingerprint density at radius 1 is 0.490 bits per heavy atom. The summed E-state index contributed by atoms with van der Waals surface area (Å²) in [4.78, 5) is 21.7. The van der Waals surface area contributed by atoms with E-state index in [9.17, 15) is 9.59 Å². The molecule has 0 amide bonds. The van der Waals surface area contributed by atoms with Crippen LogP contribution in [-0.4, -0.2) is 161 Å². The fourth-order valence-corrected chi connectivity index (χ4v) is 6.95. The Bertz CT molecular complexity index is 838. The summed E-state index contributed by atoms with van der Waals surface area (Å²) in [6, 6.07) is 0. The van der Waals surface area contributed by atoms with Gasteiger partial charge < -0.3 is 47.6 Å². The van der Waals surface area contributed by atoms with E-state index in [0.717, 1.165) is 61.3 Å². The summed E-state index contributed by atoms with van der Waals surface area (Å²) >= 11 is 0. The van der Waals surface area contributed by atoms with Gasteiger partial charge in [0.25, 0.3) is 0 Å². The van der Waals surface area contributed by atoms with Crippen LogP contribution in [0.15, 0.2) is 0 Å². The van der Waals surface area contributed by atoms with Crippen molar-refractivity contribution in [3.05, 3.63) is 0 Å². The highest BCUT2D eigenvalue weighted by atomic mass is 16.5. The number of hydrogen-bond acceptors (Lipinski definition) is 8. The van der Waals surface area contributed by atoms with Gasteiger partial charge in [-0.2, -0.15) is 0 Å². The fourth-order valence-electron chi connectivity index (χ4n) is 6.95. The molecule has 0 heterocycles. The van der Waals surface area contributed by atoms with Crippen molar-refractivity contribution in [3.63, 3.8) is 0 Å². The predicted octanol–water partition coefficient (Wildman–Crippen LogP) is 6.03. The van der Waals surface area contributed by atoms with Crippen LogP contribution in [0.5, 0.6) is 0 Å². The van der Waals surface area contributed by atoms with Crippen molar-refractivity contribution in [1.82, 2.24) is 0 Å². The number of nitrogens with zero attached hydrogens (tertiary/aromatic N) is 2. The van der Waals surface area contributed by atoms with Crippen LogP contribution >= 0.6 is 0 Å². The van der Waals surface area contributed by atoms with Gasteiger partial charge in [0.05, 0.1) is 59.3 Å². The Labute approximate surface area is 311 Å². The Kier molecular flexibility index (Phi) is 31.2. The first-order chi connectivity index (χ1) is 24.5. The second-order valence-electron chi connectivity index (χ2n) is 14.4. The smallest absolute Gasteiger partial charge is 0.329 e. The zero-order valence-electron chi connectivity index (χ0n) is 33.9. The number of rotatable bonds is 39. The molecule has 0 aliphatic carbocycles. The molecule has 0 aliphatic heterocycles. The molecular weight excluding hydrogens is 656 g/mol. The van der Waals surface area contributed by atoms with Crippen LogP contribution in [-0.2, 0) is 38.0 Å². The molecule has 0 aromatic heterocycles. The van der Waals surface area contributed by atoms with Crippen molar-refractivity contribution < 1.29 is 57.2 Å². The van der Waals surface area contributed by atoms with Gasteiger partial charge in [-0.15, -0.1) is 0 Å². The summed E-state index contributed by atoms with van der Waals surface area (Å²) in [6.45, 7) is 25.1. The number of carboxylic acid groups (broad SMARTS) is 2. The van der Waals surface area contributed by atoms with Gasteiger partial charge in [-0.05, 0) is 54.4 Å². The Morgan fingerprint density at radius 2 is 0.863 bits per heavy atom. The van der Waals surface area contributed by atoms with E-state index in [0.29, 0.717) is 33.0 Å². The molecule has 0 fully saturated rings. The van der Waals surface area contributed by atoms with Crippen molar-refractivity contribution in [2.45, 2.75) is 131 Å². The van der Waals surface area contributed by atoms with E-state index < -0.39 is 11.9 Å². The zero-order chi connectivity index (χ0) is 38.2. The largest absolute Gasteiger partial charge is 0.480 e. The third-order valence-corrected chi connectivity index (χ3v) is 9.85. The highest BCUT2D eigenvalue weighted by Crippen LogP contribution is 2.20. The van der Waals surface area contributed by atoms with Crippen LogP contribution in [0.3, 0.4) is 0 Å². The first-order valence-electron chi connectivity index (χ1n) is 20.2. The average Bonchev–Trinajstić information content (AvgIpc) is 3.09. The number of unbranched alkanes of at least 4 members (excludes halogenated alkanes) is 9. The number of ether oxygens (including phenoxy) is 6. The minimum Gasteiger partial charge on any atom is -0.480 e. The number of quaternary nitrogens is 2. The van der Waals surface area contributed by atoms with E-state index in [-0.39, 0.29) is 44.7 Å². The molecule has 0 aromatic rings. The second kappa shape index (κ2) is 32.1. The lowest BCUT2D eigenvalue weighted by Gasteiger charge is -2.45. The molecule has 0 saturated carbocycles. The summed E-state index contributed by atoms with van der Waals surface area (Å²) in [5.41, 5.74) is 0. The molecule has 0 aliphatic rings. The van der Waals surface area contributed by atoms with E-state index in [1.54, 1.807) is 0 Å². The predicted molar refractivity (Wildman–Crippen MR) is 202 cm³/mol. The minimum atomic E-state index is -0.982. The summed E-state index contributed by atoms with van der Waals surface area (Å²) in [6.07, 6.45) is 13.0. The molecule has 0 saturated heterocycles. The number of carbonyl (C=O) groups is 2. The van der Waals surface area contributed by atoms with Crippen LogP contribution in [0.4, 0.5) is 0 Å². The Balaban J connectivity index is 5.72. The monoisotopic (exact) mass is 737 g/mol. The van der Waals surface area contributed by atoms with E-state index in [2.05, 4.69) is 41.5 Å².